The number of aliphatic carboxylic acids is 2. The molecule has 2 atom stereocenters. The van der Waals surface area contributed by atoms with Crippen molar-refractivity contribution >= 4 is 35.4 Å². The van der Waals surface area contributed by atoms with Gasteiger partial charge < -0.3 is 19.7 Å². The van der Waals surface area contributed by atoms with Crippen molar-refractivity contribution in [2.75, 3.05) is 0 Å². The minimum Gasteiger partial charge on any atom is -0.481 e. The van der Waals surface area contributed by atoms with Gasteiger partial charge in [0.15, 0.2) is 23.8 Å². The van der Waals surface area contributed by atoms with Gasteiger partial charge in [-0.3, -0.25) is 19.2 Å². The lowest BCUT2D eigenvalue weighted by Crippen LogP contribution is -2.40. The van der Waals surface area contributed by atoms with E-state index in [0.29, 0.717) is 17.6 Å². The van der Waals surface area contributed by atoms with E-state index in [0.717, 1.165) is 33.4 Å². The Morgan fingerprint density at radius 3 is 1.38 bits per heavy atom. The molecule has 0 saturated carbocycles. The smallest absolute Gasteiger partial charge is 0.418 e. The van der Waals surface area contributed by atoms with Gasteiger partial charge in [-0.1, -0.05) is 135 Å². The Kier molecular flexibility index (Phi) is 17.3. The van der Waals surface area contributed by atoms with E-state index in [1.165, 1.54) is 0 Å². The van der Waals surface area contributed by atoms with Crippen molar-refractivity contribution in [3.63, 3.8) is 0 Å². The van der Waals surface area contributed by atoms with Crippen molar-refractivity contribution in [3.8, 4) is 0 Å². The molecule has 0 amide bonds. The second kappa shape index (κ2) is 20.9. The summed E-state index contributed by atoms with van der Waals surface area (Å²) >= 11 is 0. The molecule has 10 heteroatoms. The third kappa shape index (κ3) is 14.5. The SMILES string of the molecule is CC1=C(/C=C/C(C)=C/C=C/C(C)=C/C=C/C=C(C)/C=C/C=C(C)/C=C/C2=C(C)C(=O)C(OC(=O)C(=O)O)CC2(C)C)C(C)(C)CC(OC(=O)CCC(=O)O)C1=O. The van der Waals surface area contributed by atoms with Crippen LogP contribution in [0.25, 0.3) is 0 Å². The van der Waals surface area contributed by atoms with Crippen LogP contribution >= 0.6 is 0 Å². The number of carboxylic acid groups (broad SMARTS) is 2. The number of Topliss-reactive ketones (excluding diaryl/α,β-unsaturated/α-hetero) is 2. The van der Waals surface area contributed by atoms with Crippen LogP contribution in [0.3, 0.4) is 0 Å². The number of carboxylic acids is 2. The molecular weight excluding hydrogens is 712 g/mol. The molecule has 0 bridgehead atoms. The number of rotatable bonds is 15. The first-order valence-electron chi connectivity index (χ1n) is 18.5. The van der Waals surface area contributed by atoms with Crippen molar-refractivity contribution in [1.29, 1.82) is 0 Å². The quantitative estimate of drug-likeness (QED) is 0.0935. The number of hydrogen-bond donors (Lipinski definition) is 2. The molecule has 0 heterocycles. The highest BCUT2D eigenvalue weighted by Gasteiger charge is 2.41. The number of ether oxygens (including phenoxy) is 2. The molecule has 2 rings (SSSR count). The van der Waals surface area contributed by atoms with Crippen molar-refractivity contribution in [3.05, 3.63) is 130 Å². The van der Waals surface area contributed by atoms with E-state index in [1.807, 2.05) is 140 Å². The lowest BCUT2D eigenvalue weighted by Gasteiger charge is -2.36. The van der Waals surface area contributed by atoms with Crippen molar-refractivity contribution < 1.29 is 48.5 Å². The van der Waals surface area contributed by atoms with E-state index < -0.39 is 52.7 Å². The highest BCUT2D eigenvalue weighted by Crippen LogP contribution is 2.42. The van der Waals surface area contributed by atoms with Gasteiger partial charge in [0, 0.05) is 12.8 Å². The minimum absolute atomic E-state index is 0.191. The number of ketones is 2. The second-order valence-electron chi connectivity index (χ2n) is 15.5. The summed E-state index contributed by atoms with van der Waals surface area (Å²) in [6.45, 7) is 19.1. The van der Waals surface area contributed by atoms with Crippen LogP contribution in [0, 0.1) is 10.8 Å². The van der Waals surface area contributed by atoms with Crippen molar-refractivity contribution in [1.82, 2.24) is 0 Å². The summed E-state index contributed by atoms with van der Waals surface area (Å²) in [7, 11) is 0. The van der Waals surface area contributed by atoms with Gasteiger partial charge in [-0.05, 0) is 74.7 Å². The largest absolute Gasteiger partial charge is 0.481 e. The topological polar surface area (TPSA) is 161 Å². The highest BCUT2D eigenvalue weighted by molar-refractivity contribution is 6.29. The van der Waals surface area contributed by atoms with Crippen LogP contribution in [0.2, 0.25) is 0 Å². The van der Waals surface area contributed by atoms with Crippen LogP contribution in [0.15, 0.2) is 130 Å². The summed E-state index contributed by atoms with van der Waals surface area (Å²) in [6, 6.07) is 0. The van der Waals surface area contributed by atoms with Gasteiger partial charge in [-0.25, -0.2) is 9.59 Å². The molecule has 2 unspecified atom stereocenters. The fraction of sp³-hybridized carbons (Fsp3) is 0.391. The molecule has 56 heavy (non-hydrogen) atoms. The predicted octanol–water partition coefficient (Wildman–Crippen LogP) is 8.96. The monoisotopic (exact) mass is 768 g/mol. The van der Waals surface area contributed by atoms with Crippen LogP contribution in [0.5, 0.6) is 0 Å². The van der Waals surface area contributed by atoms with E-state index in [4.69, 9.17) is 19.7 Å². The summed E-state index contributed by atoms with van der Waals surface area (Å²) in [6.07, 6.45) is 25.3. The van der Waals surface area contributed by atoms with Gasteiger partial charge >= 0.3 is 23.9 Å². The van der Waals surface area contributed by atoms with Crippen LogP contribution in [0.1, 0.15) is 94.9 Å². The third-order valence-electron chi connectivity index (χ3n) is 9.51. The van der Waals surface area contributed by atoms with Gasteiger partial charge in [0.2, 0.25) is 0 Å². The summed E-state index contributed by atoms with van der Waals surface area (Å²) in [5, 5.41) is 17.7. The summed E-state index contributed by atoms with van der Waals surface area (Å²) < 4.78 is 10.3. The zero-order chi connectivity index (χ0) is 42.4. The van der Waals surface area contributed by atoms with Crippen LogP contribution < -0.4 is 0 Å². The Labute approximate surface area is 330 Å². The van der Waals surface area contributed by atoms with Gasteiger partial charge in [-0.2, -0.15) is 0 Å². The number of esters is 2. The number of carbonyl (C=O) groups is 6. The first-order chi connectivity index (χ1) is 26.0. The van der Waals surface area contributed by atoms with E-state index in [-0.39, 0.29) is 25.0 Å². The van der Waals surface area contributed by atoms with Gasteiger partial charge in [0.05, 0.1) is 12.8 Å². The zero-order valence-corrected chi connectivity index (χ0v) is 34.2. The molecule has 0 aromatic heterocycles. The fourth-order valence-corrected chi connectivity index (χ4v) is 6.36. The molecule has 2 N–H and O–H groups in total. The number of hydrogen-bond acceptors (Lipinski definition) is 8. The lowest BCUT2D eigenvalue weighted by molar-refractivity contribution is -0.170. The first kappa shape index (κ1) is 46.5. The van der Waals surface area contributed by atoms with E-state index >= 15 is 0 Å². The predicted molar refractivity (Wildman–Crippen MR) is 217 cm³/mol. The summed E-state index contributed by atoms with van der Waals surface area (Å²) in [5.74, 6) is -5.60. The molecule has 0 aliphatic heterocycles. The Hall–Kier alpha value is -5.64. The third-order valence-corrected chi connectivity index (χ3v) is 9.51. The Morgan fingerprint density at radius 1 is 0.607 bits per heavy atom. The summed E-state index contributed by atoms with van der Waals surface area (Å²) in [5.41, 5.74) is 5.75. The zero-order valence-electron chi connectivity index (χ0n) is 34.2. The average molecular weight is 769 g/mol. The Balaban J connectivity index is 1.98. The normalized spacial score (nSPS) is 21.4. The lowest BCUT2D eigenvalue weighted by atomic mass is 9.71. The molecule has 0 fully saturated rings. The molecule has 0 radical (unpaired) electrons. The molecule has 0 aromatic carbocycles. The van der Waals surface area contributed by atoms with Gasteiger partial charge in [0.1, 0.15) is 0 Å². The molecule has 0 saturated heterocycles. The van der Waals surface area contributed by atoms with Crippen molar-refractivity contribution in [2.24, 2.45) is 10.8 Å². The summed E-state index contributed by atoms with van der Waals surface area (Å²) in [4.78, 5) is 71.0. The molecule has 0 aromatic rings. The first-order valence-corrected chi connectivity index (χ1v) is 18.5. The highest BCUT2D eigenvalue weighted by atomic mass is 16.6. The number of carbonyl (C=O) groups excluding carboxylic acids is 4. The van der Waals surface area contributed by atoms with E-state index in [1.54, 1.807) is 13.8 Å². The van der Waals surface area contributed by atoms with Crippen molar-refractivity contribution in [2.45, 2.75) is 107 Å². The Morgan fingerprint density at radius 2 is 0.982 bits per heavy atom. The molecular formula is C46H56O10. The maximum Gasteiger partial charge on any atom is 0.418 e. The Bertz CT molecular complexity index is 1920. The van der Waals surface area contributed by atoms with Crippen LogP contribution in [-0.2, 0) is 38.2 Å². The standard InChI is InChI=1S/C46H56O10/c1-29(17-13-19-31(3)21-23-35-33(5)41(50)37(27-45(35,7)8)55-40(49)26-25-39(47)48)15-11-12-16-30(2)18-14-20-32(4)22-24-36-34(6)42(51)38(28-46(36,9)10)56-44(54)43(52)53/h11-24,37-38H,25-28H2,1-10H3,(H,47,48)(H,52,53)/b12-11+,17-13+,18-14+,23-21+,24-22+,29-15+,30-16+,31-19+,32-20+. The second-order valence-corrected chi connectivity index (χ2v) is 15.5. The van der Waals surface area contributed by atoms with Crippen LogP contribution in [0.4, 0.5) is 0 Å². The molecule has 0 spiro atoms. The average Bonchev–Trinajstić information content (AvgIpc) is 3.09. The van der Waals surface area contributed by atoms with Gasteiger partial charge in [-0.15, -0.1) is 0 Å². The fourth-order valence-electron chi connectivity index (χ4n) is 6.36. The maximum absolute atomic E-state index is 13.0. The van der Waals surface area contributed by atoms with Gasteiger partial charge in [0.25, 0.3) is 0 Å². The molecule has 2 aliphatic carbocycles. The molecule has 300 valence electrons. The van der Waals surface area contributed by atoms with E-state index in [2.05, 4.69) is 0 Å². The number of allylic oxidation sites excluding steroid dienone is 20. The molecule has 2 aliphatic rings. The molecule has 10 nitrogen and oxygen atoms in total. The maximum atomic E-state index is 13.0. The van der Waals surface area contributed by atoms with Crippen LogP contribution in [-0.4, -0.2) is 57.9 Å². The minimum atomic E-state index is -1.73. The van der Waals surface area contributed by atoms with E-state index in [9.17, 15) is 28.8 Å².